The van der Waals surface area contributed by atoms with E-state index in [9.17, 15) is 9.59 Å². The number of alkyl halides is 1. The van der Waals surface area contributed by atoms with Crippen LogP contribution in [0.4, 0.5) is 0 Å². The van der Waals surface area contributed by atoms with Crippen molar-refractivity contribution in [2.24, 2.45) is 0 Å². The third kappa shape index (κ3) is 4.27. The van der Waals surface area contributed by atoms with Crippen LogP contribution in [0.5, 0.6) is 0 Å². The summed E-state index contributed by atoms with van der Waals surface area (Å²) in [5.41, 5.74) is 0. The van der Waals surface area contributed by atoms with E-state index >= 15 is 0 Å². The fourth-order valence-electron chi connectivity index (χ4n) is 1.72. The first kappa shape index (κ1) is 14.4. The second kappa shape index (κ2) is 6.96. The van der Waals surface area contributed by atoms with Crippen LogP contribution in [0.2, 0.25) is 0 Å². The molecular formula is C11H19BrN2O3. The molecule has 1 aliphatic heterocycles. The summed E-state index contributed by atoms with van der Waals surface area (Å²) in [7, 11) is 0. The molecule has 0 aromatic heterocycles. The Hall–Kier alpha value is -0.620. The Morgan fingerprint density at radius 1 is 1.53 bits per heavy atom. The van der Waals surface area contributed by atoms with E-state index < -0.39 is 6.04 Å². The molecule has 17 heavy (non-hydrogen) atoms. The maximum atomic E-state index is 11.9. The fourth-order valence-corrected chi connectivity index (χ4v) is 2.06. The van der Waals surface area contributed by atoms with Crippen molar-refractivity contribution in [2.45, 2.75) is 32.4 Å². The first-order valence-electron chi connectivity index (χ1n) is 5.79. The molecule has 1 fully saturated rings. The molecule has 1 rings (SSSR count). The number of halogens is 1. The highest BCUT2D eigenvalue weighted by Crippen LogP contribution is 2.10. The van der Waals surface area contributed by atoms with E-state index in [1.54, 1.807) is 4.90 Å². The number of rotatable bonds is 4. The molecule has 0 bridgehead atoms. The van der Waals surface area contributed by atoms with Gasteiger partial charge in [0, 0.05) is 24.3 Å². The van der Waals surface area contributed by atoms with Gasteiger partial charge in [0.25, 0.3) is 0 Å². The predicted molar refractivity (Wildman–Crippen MR) is 68.0 cm³/mol. The topological polar surface area (TPSA) is 58.6 Å². The molecule has 0 radical (unpaired) electrons. The lowest BCUT2D eigenvalue weighted by Gasteiger charge is -2.35. The maximum absolute atomic E-state index is 11.9. The Balaban J connectivity index is 2.65. The SMILES string of the molecule is CC(C)NC(=O)C1COCCN1C(=O)CCBr. The molecule has 0 spiro atoms. The summed E-state index contributed by atoms with van der Waals surface area (Å²) in [5.74, 6) is -0.142. The Kier molecular flexibility index (Phi) is 5.91. The highest BCUT2D eigenvalue weighted by atomic mass is 79.9. The van der Waals surface area contributed by atoms with Crippen molar-refractivity contribution in [3.63, 3.8) is 0 Å². The van der Waals surface area contributed by atoms with E-state index in [1.807, 2.05) is 13.8 Å². The number of hydrogen-bond acceptors (Lipinski definition) is 3. The molecule has 1 unspecified atom stereocenters. The van der Waals surface area contributed by atoms with Gasteiger partial charge in [-0.15, -0.1) is 0 Å². The highest BCUT2D eigenvalue weighted by molar-refractivity contribution is 9.09. The molecule has 1 aliphatic rings. The van der Waals surface area contributed by atoms with Crippen molar-refractivity contribution in [3.8, 4) is 0 Å². The summed E-state index contributed by atoms with van der Waals surface area (Å²) in [6, 6.07) is -0.421. The molecule has 6 heteroatoms. The average Bonchev–Trinajstić information content (AvgIpc) is 2.28. The molecule has 0 aromatic rings. The molecule has 0 aliphatic carbocycles. The molecule has 0 saturated carbocycles. The van der Waals surface area contributed by atoms with Crippen molar-refractivity contribution < 1.29 is 14.3 Å². The zero-order valence-corrected chi connectivity index (χ0v) is 11.8. The van der Waals surface area contributed by atoms with E-state index in [0.29, 0.717) is 24.9 Å². The normalized spacial score (nSPS) is 20.5. The van der Waals surface area contributed by atoms with Crippen LogP contribution in [0, 0.1) is 0 Å². The second-order valence-corrected chi connectivity index (χ2v) is 5.07. The summed E-state index contributed by atoms with van der Waals surface area (Å²) in [4.78, 5) is 25.4. The molecule has 98 valence electrons. The minimum atomic E-state index is -0.488. The van der Waals surface area contributed by atoms with Crippen LogP contribution in [-0.4, -0.2) is 53.9 Å². The first-order valence-corrected chi connectivity index (χ1v) is 6.92. The third-order valence-corrected chi connectivity index (χ3v) is 2.89. The number of morpholine rings is 1. The number of carbonyl (C=O) groups excluding carboxylic acids is 2. The van der Waals surface area contributed by atoms with E-state index in [-0.39, 0.29) is 24.5 Å². The van der Waals surface area contributed by atoms with Gasteiger partial charge in [-0.05, 0) is 13.8 Å². The minimum Gasteiger partial charge on any atom is -0.377 e. The summed E-state index contributed by atoms with van der Waals surface area (Å²) in [6.07, 6.45) is 0.408. The van der Waals surface area contributed by atoms with Crippen molar-refractivity contribution in [3.05, 3.63) is 0 Å². The number of nitrogens with zero attached hydrogens (tertiary/aromatic N) is 1. The summed E-state index contributed by atoms with van der Waals surface area (Å²) < 4.78 is 5.28. The van der Waals surface area contributed by atoms with Crippen LogP contribution in [0.15, 0.2) is 0 Å². The lowest BCUT2D eigenvalue weighted by Crippen LogP contribution is -2.56. The Morgan fingerprint density at radius 3 is 2.82 bits per heavy atom. The first-order chi connectivity index (χ1) is 8.06. The van der Waals surface area contributed by atoms with Gasteiger partial charge in [-0.3, -0.25) is 9.59 Å². The van der Waals surface area contributed by atoms with E-state index in [4.69, 9.17) is 4.74 Å². The van der Waals surface area contributed by atoms with E-state index in [1.165, 1.54) is 0 Å². The van der Waals surface area contributed by atoms with Gasteiger partial charge in [0.05, 0.1) is 13.2 Å². The highest BCUT2D eigenvalue weighted by Gasteiger charge is 2.32. The predicted octanol–water partition coefficient (Wildman–Crippen LogP) is 0.523. The van der Waals surface area contributed by atoms with E-state index in [2.05, 4.69) is 21.2 Å². The van der Waals surface area contributed by atoms with Gasteiger partial charge in [-0.1, -0.05) is 15.9 Å². The van der Waals surface area contributed by atoms with Crippen LogP contribution in [0.1, 0.15) is 20.3 Å². The van der Waals surface area contributed by atoms with Crippen molar-refractivity contribution in [1.82, 2.24) is 10.2 Å². The maximum Gasteiger partial charge on any atom is 0.245 e. The average molecular weight is 307 g/mol. The summed E-state index contributed by atoms with van der Waals surface area (Å²) in [6.45, 7) is 5.06. The Morgan fingerprint density at radius 2 is 2.24 bits per heavy atom. The number of carbonyl (C=O) groups is 2. The van der Waals surface area contributed by atoms with Crippen LogP contribution in [-0.2, 0) is 14.3 Å². The second-order valence-electron chi connectivity index (χ2n) is 4.28. The summed E-state index contributed by atoms with van der Waals surface area (Å²) in [5, 5.41) is 3.43. The van der Waals surface area contributed by atoms with Crippen LogP contribution in [0.3, 0.4) is 0 Å². The van der Waals surface area contributed by atoms with Gasteiger partial charge in [0.15, 0.2) is 0 Å². The summed E-state index contributed by atoms with van der Waals surface area (Å²) >= 11 is 3.23. The van der Waals surface area contributed by atoms with Gasteiger partial charge in [-0.2, -0.15) is 0 Å². The van der Waals surface area contributed by atoms with Crippen molar-refractivity contribution >= 4 is 27.7 Å². The third-order valence-electron chi connectivity index (χ3n) is 2.49. The zero-order valence-electron chi connectivity index (χ0n) is 10.2. The molecule has 0 aromatic carbocycles. The van der Waals surface area contributed by atoms with Gasteiger partial charge in [0.1, 0.15) is 6.04 Å². The Bertz CT molecular complexity index is 284. The molecule has 1 saturated heterocycles. The molecule has 1 N–H and O–H groups in total. The monoisotopic (exact) mass is 306 g/mol. The minimum absolute atomic E-state index is 0.00548. The molecule has 5 nitrogen and oxygen atoms in total. The van der Waals surface area contributed by atoms with Gasteiger partial charge >= 0.3 is 0 Å². The number of ether oxygens (including phenoxy) is 1. The lowest BCUT2D eigenvalue weighted by molar-refractivity contribution is -0.148. The quantitative estimate of drug-likeness (QED) is 0.771. The van der Waals surface area contributed by atoms with Crippen molar-refractivity contribution in [2.75, 3.05) is 25.1 Å². The Labute approximate surface area is 110 Å². The van der Waals surface area contributed by atoms with E-state index in [0.717, 1.165) is 0 Å². The van der Waals surface area contributed by atoms with Crippen LogP contribution in [0.25, 0.3) is 0 Å². The largest absolute Gasteiger partial charge is 0.377 e. The van der Waals surface area contributed by atoms with Crippen LogP contribution < -0.4 is 5.32 Å². The number of hydrogen-bond donors (Lipinski definition) is 1. The van der Waals surface area contributed by atoms with Gasteiger partial charge < -0.3 is 15.0 Å². The van der Waals surface area contributed by atoms with Crippen molar-refractivity contribution in [1.29, 1.82) is 0 Å². The molecule has 1 atom stereocenters. The van der Waals surface area contributed by atoms with Gasteiger partial charge in [-0.25, -0.2) is 0 Å². The smallest absolute Gasteiger partial charge is 0.245 e. The molecule has 2 amide bonds. The number of nitrogens with one attached hydrogen (secondary N) is 1. The van der Waals surface area contributed by atoms with Crippen LogP contribution >= 0.6 is 15.9 Å². The zero-order chi connectivity index (χ0) is 12.8. The molecule has 1 heterocycles. The number of amides is 2. The lowest BCUT2D eigenvalue weighted by atomic mass is 10.2. The van der Waals surface area contributed by atoms with Gasteiger partial charge in [0.2, 0.25) is 11.8 Å². The fraction of sp³-hybridized carbons (Fsp3) is 0.818. The molecular weight excluding hydrogens is 288 g/mol. The standard InChI is InChI=1S/C11H19BrN2O3/c1-8(2)13-11(16)9-7-17-6-5-14(9)10(15)3-4-12/h8-9H,3-7H2,1-2H3,(H,13,16).